The summed E-state index contributed by atoms with van der Waals surface area (Å²) in [7, 11) is 1.84. The Labute approximate surface area is 188 Å². The molecule has 2 aromatic rings. The molecule has 2 aromatic carbocycles. The molecule has 0 saturated carbocycles. The van der Waals surface area contributed by atoms with Crippen LogP contribution in [-0.4, -0.2) is 30.3 Å². The fraction of sp³-hybridized carbons (Fsp3) is 0.480. The third kappa shape index (κ3) is 10.3. The average Bonchev–Trinajstić information content (AvgIpc) is 2.67. The van der Waals surface area contributed by atoms with Crippen LogP contribution in [0, 0.1) is 0 Å². The van der Waals surface area contributed by atoms with Gasteiger partial charge in [-0.05, 0) is 50.6 Å². The lowest BCUT2D eigenvalue weighted by Gasteiger charge is -2.24. The van der Waals surface area contributed by atoms with E-state index in [1.165, 1.54) is 24.6 Å². The predicted molar refractivity (Wildman–Crippen MR) is 122 cm³/mol. The van der Waals surface area contributed by atoms with Crippen LogP contribution < -0.4 is 5.32 Å². The molecule has 0 saturated heterocycles. The van der Waals surface area contributed by atoms with Gasteiger partial charge in [-0.25, -0.2) is 8.78 Å². The number of Topliss-reactive ketones (excluding diaryl/α,β-unsaturated/α-hetero) is 1. The maximum Gasteiger partial charge on any atom is 0.320 e. The van der Waals surface area contributed by atoms with Crippen LogP contribution >= 0.6 is 0 Å². The van der Waals surface area contributed by atoms with Crippen molar-refractivity contribution in [2.75, 3.05) is 18.9 Å². The molecule has 0 aliphatic carbocycles. The van der Waals surface area contributed by atoms with Crippen molar-refractivity contribution in [3.05, 3.63) is 65.2 Å². The van der Waals surface area contributed by atoms with Gasteiger partial charge in [0.25, 0.3) is 5.92 Å². The van der Waals surface area contributed by atoms with Crippen LogP contribution in [0.4, 0.5) is 23.2 Å². The summed E-state index contributed by atoms with van der Waals surface area (Å²) < 4.78 is 51.2. The molecule has 0 heterocycles. The normalized spacial score (nSPS) is 12.7. The highest BCUT2D eigenvalue weighted by atomic mass is 19.3. The lowest BCUT2D eigenvalue weighted by molar-refractivity contribution is -0.118. The quantitative estimate of drug-likeness (QED) is 0.326. The molecular weight excluding hydrogens is 420 g/mol. The van der Waals surface area contributed by atoms with Crippen molar-refractivity contribution in [2.45, 2.75) is 65.5 Å². The Balaban J connectivity index is 0.000000330. The number of hydrogen-bond acceptors (Lipinski definition) is 3. The van der Waals surface area contributed by atoms with E-state index in [0.29, 0.717) is 12.2 Å². The standard InChI is InChI=1S/C14H19F2NO.C11H15F2N/c1-10(18)9-17(4)11(2)12-5-7-13(8-6-12)14(3,15)16;1-3-4-9-5-7-10(8-6-9)14-11(2,12)13/h5-8,11H,9H2,1-4H3;5-8,14H,3-4H2,1-2H3. The maximum atomic E-state index is 13.1. The Morgan fingerprint density at radius 2 is 1.53 bits per heavy atom. The highest BCUT2D eigenvalue weighted by Crippen LogP contribution is 2.28. The summed E-state index contributed by atoms with van der Waals surface area (Å²) in [4.78, 5) is 12.9. The number of anilines is 1. The zero-order valence-corrected chi connectivity index (χ0v) is 19.7. The number of nitrogens with zero attached hydrogens (tertiary/aromatic N) is 1. The Morgan fingerprint density at radius 3 is 1.94 bits per heavy atom. The Morgan fingerprint density at radius 1 is 1.00 bits per heavy atom. The number of hydrogen-bond donors (Lipinski definition) is 1. The molecule has 32 heavy (non-hydrogen) atoms. The molecule has 1 unspecified atom stereocenters. The minimum Gasteiger partial charge on any atom is -0.327 e. The van der Waals surface area contributed by atoms with Crippen LogP contribution in [0.3, 0.4) is 0 Å². The van der Waals surface area contributed by atoms with Gasteiger partial charge in [-0.3, -0.25) is 9.69 Å². The van der Waals surface area contributed by atoms with Crippen molar-refractivity contribution in [1.29, 1.82) is 0 Å². The van der Waals surface area contributed by atoms with Gasteiger partial charge in [-0.15, -0.1) is 0 Å². The highest BCUT2D eigenvalue weighted by Gasteiger charge is 2.24. The number of rotatable bonds is 9. The number of ketones is 1. The van der Waals surface area contributed by atoms with Crippen molar-refractivity contribution >= 4 is 11.5 Å². The number of nitrogens with one attached hydrogen (secondary N) is 1. The van der Waals surface area contributed by atoms with Crippen molar-refractivity contribution < 1.29 is 22.4 Å². The molecule has 0 fully saturated rings. The molecule has 178 valence electrons. The maximum absolute atomic E-state index is 13.1. The molecule has 0 aliphatic heterocycles. The predicted octanol–water partition coefficient (Wildman–Crippen LogP) is 7.04. The van der Waals surface area contributed by atoms with E-state index in [9.17, 15) is 22.4 Å². The summed E-state index contributed by atoms with van der Waals surface area (Å²) in [6.07, 6.45) is 2.06. The van der Waals surface area contributed by atoms with E-state index in [1.54, 1.807) is 24.3 Å². The molecule has 0 bridgehead atoms. The van der Waals surface area contributed by atoms with Crippen molar-refractivity contribution in [2.24, 2.45) is 0 Å². The third-order valence-electron chi connectivity index (χ3n) is 4.89. The van der Waals surface area contributed by atoms with Crippen LogP contribution in [0.2, 0.25) is 0 Å². The Hall–Kier alpha value is -2.41. The summed E-state index contributed by atoms with van der Waals surface area (Å²) in [6, 6.07) is 10.5. The summed E-state index contributed by atoms with van der Waals surface area (Å²) in [5.74, 6) is -2.73. The van der Waals surface area contributed by atoms with Crippen molar-refractivity contribution in [1.82, 2.24) is 4.90 Å². The van der Waals surface area contributed by atoms with E-state index in [2.05, 4.69) is 12.2 Å². The van der Waals surface area contributed by atoms with E-state index in [4.69, 9.17) is 0 Å². The lowest BCUT2D eigenvalue weighted by Crippen LogP contribution is -2.27. The second-order valence-electron chi connectivity index (χ2n) is 8.26. The Bertz CT molecular complexity index is 825. The second kappa shape index (κ2) is 12.0. The second-order valence-corrected chi connectivity index (χ2v) is 8.26. The van der Waals surface area contributed by atoms with Crippen molar-refractivity contribution in [3.8, 4) is 0 Å². The summed E-state index contributed by atoms with van der Waals surface area (Å²) in [5.41, 5.74) is 2.56. The van der Waals surface area contributed by atoms with Gasteiger partial charge in [0.15, 0.2) is 0 Å². The van der Waals surface area contributed by atoms with Gasteiger partial charge in [0, 0.05) is 31.1 Å². The van der Waals surface area contributed by atoms with E-state index >= 15 is 0 Å². The topological polar surface area (TPSA) is 32.3 Å². The molecule has 7 heteroatoms. The number of alkyl halides is 4. The molecule has 0 aliphatic rings. The molecule has 2 rings (SSSR count). The van der Waals surface area contributed by atoms with Gasteiger partial charge in [0.2, 0.25) is 0 Å². The first-order valence-corrected chi connectivity index (χ1v) is 10.7. The highest BCUT2D eigenvalue weighted by molar-refractivity contribution is 5.77. The summed E-state index contributed by atoms with van der Waals surface area (Å²) in [5, 5.41) is 2.12. The number of benzene rings is 2. The van der Waals surface area contributed by atoms with E-state index in [0.717, 1.165) is 32.3 Å². The van der Waals surface area contributed by atoms with Crippen LogP contribution in [0.15, 0.2) is 48.5 Å². The van der Waals surface area contributed by atoms with Gasteiger partial charge >= 0.3 is 6.05 Å². The van der Waals surface area contributed by atoms with Gasteiger partial charge in [0.05, 0.1) is 6.54 Å². The molecule has 0 spiro atoms. The molecule has 1 N–H and O–H groups in total. The molecule has 1 atom stereocenters. The fourth-order valence-corrected chi connectivity index (χ4v) is 3.09. The molecule has 0 amide bonds. The smallest absolute Gasteiger partial charge is 0.320 e. The minimum atomic E-state index is -2.85. The minimum absolute atomic E-state index is 0.00710. The fourth-order valence-electron chi connectivity index (χ4n) is 3.09. The number of aryl methyl sites for hydroxylation is 1. The van der Waals surface area contributed by atoms with Crippen molar-refractivity contribution in [3.63, 3.8) is 0 Å². The monoisotopic (exact) mass is 454 g/mol. The Kier molecular flexibility index (Phi) is 10.4. The van der Waals surface area contributed by atoms with E-state index in [-0.39, 0.29) is 17.4 Å². The van der Waals surface area contributed by atoms with Gasteiger partial charge < -0.3 is 5.32 Å². The third-order valence-corrected chi connectivity index (χ3v) is 4.89. The van der Waals surface area contributed by atoms with Crippen LogP contribution in [-0.2, 0) is 17.1 Å². The molecule has 0 radical (unpaired) electrons. The van der Waals surface area contributed by atoms with Crippen LogP contribution in [0.5, 0.6) is 0 Å². The van der Waals surface area contributed by atoms with Crippen LogP contribution in [0.25, 0.3) is 0 Å². The average molecular weight is 455 g/mol. The molecule has 3 nitrogen and oxygen atoms in total. The van der Waals surface area contributed by atoms with Gasteiger partial charge in [0.1, 0.15) is 5.78 Å². The first-order chi connectivity index (χ1) is 14.7. The van der Waals surface area contributed by atoms with E-state index in [1.807, 2.05) is 31.0 Å². The summed E-state index contributed by atoms with van der Waals surface area (Å²) in [6.45, 7) is 7.64. The largest absolute Gasteiger partial charge is 0.327 e. The van der Waals surface area contributed by atoms with Gasteiger partial charge in [-0.2, -0.15) is 8.78 Å². The van der Waals surface area contributed by atoms with Gasteiger partial charge in [-0.1, -0.05) is 49.7 Å². The van der Waals surface area contributed by atoms with Crippen LogP contribution in [0.1, 0.15) is 63.8 Å². The first kappa shape index (κ1) is 27.6. The zero-order valence-electron chi connectivity index (χ0n) is 19.7. The summed E-state index contributed by atoms with van der Waals surface area (Å²) >= 11 is 0. The molecular formula is C25H34F4N2O. The number of likely N-dealkylation sites (N-methyl/N-ethyl adjacent to an activating group) is 1. The number of halogens is 4. The lowest BCUT2D eigenvalue weighted by atomic mass is 10.0. The number of carbonyl (C=O) groups excluding carboxylic acids is 1. The molecule has 0 aromatic heterocycles. The zero-order chi connectivity index (χ0) is 24.5. The van der Waals surface area contributed by atoms with E-state index < -0.39 is 12.0 Å². The SMILES string of the molecule is CC(=O)CN(C)C(C)c1ccc(C(C)(F)F)cc1.CCCc1ccc(NC(C)(F)F)cc1. The first-order valence-electron chi connectivity index (χ1n) is 10.7. The number of carbonyl (C=O) groups is 1.